The van der Waals surface area contributed by atoms with Crippen LogP contribution >= 0.6 is 0 Å². The number of nitrogens with one attached hydrogen (secondary N) is 1. The maximum Gasteiger partial charge on any atom is 0.237 e. The number of rotatable bonds is 5. The molecule has 0 radical (unpaired) electrons. The van der Waals surface area contributed by atoms with E-state index in [0.717, 1.165) is 37.7 Å². The standard InChI is InChI=1S/C18H25N3O/c1-15(16-9-5-3-6-10-16)20-13-17(22)21(2)18(14-19)11-7-4-8-12-18/h3,5-6,9-10,15,20H,4,7-8,11-13H2,1-2H3/t15-/m0/s1. The summed E-state index contributed by atoms with van der Waals surface area (Å²) >= 11 is 0. The van der Waals surface area contributed by atoms with Gasteiger partial charge in [0.2, 0.25) is 5.91 Å². The summed E-state index contributed by atoms with van der Waals surface area (Å²) in [6.45, 7) is 2.30. The van der Waals surface area contributed by atoms with Crippen LogP contribution in [0.4, 0.5) is 0 Å². The van der Waals surface area contributed by atoms with E-state index in [1.807, 2.05) is 37.3 Å². The molecule has 1 aliphatic rings. The monoisotopic (exact) mass is 299 g/mol. The van der Waals surface area contributed by atoms with Gasteiger partial charge >= 0.3 is 0 Å². The van der Waals surface area contributed by atoms with Crippen LogP contribution in [-0.2, 0) is 4.79 Å². The van der Waals surface area contributed by atoms with E-state index in [9.17, 15) is 10.1 Å². The van der Waals surface area contributed by atoms with Crippen molar-refractivity contribution in [1.29, 1.82) is 5.26 Å². The minimum atomic E-state index is -0.604. The SMILES string of the molecule is C[C@H](NCC(=O)N(C)C1(C#N)CCCCC1)c1ccccc1. The number of carbonyl (C=O) groups is 1. The van der Waals surface area contributed by atoms with Crippen LogP contribution in [0.2, 0.25) is 0 Å². The first-order valence-electron chi connectivity index (χ1n) is 8.05. The van der Waals surface area contributed by atoms with Gasteiger partial charge in [-0.15, -0.1) is 0 Å². The molecule has 0 bridgehead atoms. The fourth-order valence-electron chi connectivity index (χ4n) is 3.12. The first-order valence-corrected chi connectivity index (χ1v) is 8.05. The molecule has 0 unspecified atom stereocenters. The molecule has 0 aromatic heterocycles. The van der Waals surface area contributed by atoms with Crippen molar-refractivity contribution in [1.82, 2.24) is 10.2 Å². The maximum atomic E-state index is 12.5. The molecule has 0 heterocycles. The average molecular weight is 299 g/mol. The predicted molar refractivity (Wildman–Crippen MR) is 87.1 cm³/mol. The molecule has 0 spiro atoms. The molecule has 4 nitrogen and oxygen atoms in total. The second-order valence-electron chi connectivity index (χ2n) is 6.17. The third kappa shape index (κ3) is 3.66. The Balaban J connectivity index is 1.92. The highest BCUT2D eigenvalue weighted by molar-refractivity contribution is 5.79. The van der Waals surface area contributed by atoms with Crippen LogP contribution in [0.5, 0.6) is 0 Å². The molecule has 0 saturated heterocycles. The van der Waals surface area contributed by atoms with Gasteiger partial charge in [0.1, 0.15) is 5.54 Å². The Kier molecular flexibility index (Phi) is 5.57. The van der Waals surface area contributed by atoms with Crippen molar-refractivity contribution in [3.63, 3.8) is 0 Å². The van der Waals surface area contributed by atoms with Crippen molar-refractivity contribution in [2.75, 3.05) is 13.6 Å². The number of benzene rings is 1. The number of amides is 1. The van der Waals surface area contributed by atoms with Crippen LogP contribution in [0.3, 0.4) is 0 Å². The molecule has 2 rings (SSSR count). The van der Waals surface area contributed by atoms with Crippen molar-refractivity contribution >= 4 is 5.91 Å². The number of nitriles is 1. The zero-order valence-electron chi connectivity index (χ0n) is 13.5. The van der Waals surface area contributed by atoms with Crippen LogP contribution in [0.15, 0.2) is 30.3 Å². The quantitative estimate of drug-likeness (QED) is 0.909. The molecule has 0 aliphatic heterocycles. The molecule has 1 N–H and O–H groups in total. The lowest BCUT2D eigenvalue weighted by atomic mass is 9.81. The summed E-state index contributed by atoms with van der Waals surface area (Å²) in [6.07, 6.45) is 4.80. The highest BCUT2D eigenvalue weighted by Gasteiger charge is 2.38. The largest absolute Gasteiger partial charge is 0.326 e. The summed E-state index contributed by atoms with van der Waals surface area (Å²) < 4.78 is 0. The Morgan fingerprint density at radius 2 is 1.95 bits per heavy atom. The van der Waals surface area contributed by atoms with Crippen LogP contribution in [-0.4, -0.2) is 29.9 Å². The van der Waals surface area contributed by atoms with Gasteiger partial charge in [0.15, 0.2) is 0 Å². The summed E-state index contributed by atoms with van der Waals surface area (Å²) in [7, 11) is 1.77. The summed E-state index contributed by atoms with van der Waals surface area (Å²) in [6, 6.07) is 12.6. The lowest BCUT2D eigenvalue weighted by molar-refractivity contribution is -0.134. The number of hydrogen-bond donors (Lipinski definition) is 1. The summed E-state index contributed by atoms with van der Waals surface area (Å²) in [4.78, 5) is 14.1. The fourth-order valence-corrected chi connectivity index (χ4v) is 3.12. The predicted octanol–water partition coefficient (Wildman–Crippen LogP) is 3.02. The van der Waals surface area contributed by atoms with Gasteiger partial charge in [-0.25, -0.2) is 0 Å². The van der Waals surface area contributed by atoms with Gasteiger partial charge in [0.25, 0.3) is 0 Å². The highest BCUT2D eigenvalue weighted by Crippen LogP contribution is 2.32. The van der Waals surface area contributed by atoms with E-state index >= 15 is 0 Å². The Hall–Kier alpha value is -1.86. The third-order valence-corrected chi connectivity index (χ3v) is 4.76. The van der Waals surface area contributed by atoms with Crippen molar-refractivity contribution in [2.45, 2.75) is 50.6 Å². The Morgan fingerprint density at radius 3 is 2.55 bits per heavy atom. The van der Waals surface area contributed by atoms with E-state index in [0.29, 0.717) is 0 Å². The Morgan fingerprint density at radius 1 is 1.32 bits per heavy atom. The summed E-state index contributed by atoms with van der Waals surface area (Å²) in [5.74, 6) is -0.00812. The second kappa shape index (κ2) is 7.42. The van der Waals surface area contributed by atoms with Gasteiger partial charge in [-0.05, 0) is 25.3 Å². The van der Waals surface area contributed by atoms with Gasteiger partial charge < -0.3 is 10.2 Å². The van der Waals surface area contributed by atoms with Crippen LogP contribution in [0, 0.1) is 11.3 Å². The van der Waals surface area contributed by atoms with Crippen molar-refractivity contribution < 1.29 is 4.79 Å². The number of likely N-dealkylation sites (N-methyl/N-ethyl adjacent to an activating group) is 1. The average Bonchev–Trinajstić information content (AvgIpc) is 2.60. The highest BCUT2D eigenvalue weighted by atomic mass is 16.2. The van der Waals surface area contributed by atoms with Crippen LogP contribution in [0.25, 0.3) is 0 Å². The zero-order valence-corrected chi connectivity index (χ0v) is 13.5. The minimum absolute atomic E-state index is 0.00812. The maximum absolute atomic E-state index is 12.5. The molecule has 1 amide bonds. The topological polar surface area (TPSA) is 56.1 Å². The molecule has 1 aromatic carbocycles. The summed E-state index contributed by atoms with van der Waals surface area (Å²) in [5, 5.41) is 12.8. The molecule has 118 valence electrons. The Labute approximate surface area is 133 Å². The normalized spacial score (nSPS) is 18.2. The van der Waals surface area contributed by atoms with E-state index in [1.165, 1.54) is 0 Å². The van der Waals surface area contributed by atoms with Gasteiger partial charge in [-0.3, -0.25) is 4.79 Å². The van der Waals surface area contributed by atoms with Crippen molar-refractivity contribution in [2.24, 2.45) is 0 Å². The molecule has 1 aromatic rings. The fraction of sp³-hybridized carbons (Fsp3) is 0.556. The van der Waals surface area contributed by atoms with Gasteiger partial charge in [-0.1, -0.05) is 49.6 Å². The Bertz CT molecular complexity index is 529. The number of hydrogen-bond acceptors (Lipinski definition) is 3. The molecule has 1 fully saturated rings. The molecule has 4 heteroatoms. The second-order valence-corrected chi connectivity index (χ2v) is 6.17. The number of carbonyl (C=O) groups excluding carboxylic acids is 1. The van der Waals surface area contributed by atoms with E-state index in [-0.39, 0.29) is 18.5 Å². The molecule has 1 atom stereocenters. The van der Waals surface area contributed by atoms with Crippen LogP contribution in [0.1, 0.15) is 50.6 Å². The third-order valence-electron chi connectivity index (χ3n) is 4.76. The number of nitrogens with zero attached hydrogens (tertiary/aromatic N) is 2. The summed E-state index contributed by atoms with van der Waals surface area (Å²) in [5.41, 5.74) is 0.554. The van der Waals surface area contributed by atoms with E-state index in [4.69, 9.17) is 0 Å². The molecule has 1 aliphatic carbocycles. The van der Waals surface area contributed by atoms with Crippen molar-refractivity contribution in [3.05, 3.63) is 35.9 Å². The molecule has 22 heavy (non-hydrogen) atoms. The first-order chi connectivity index (χ1) is 10.6. The minimum Gasteiger partial charge on any atom is -0.326 e. The van der Waals surface area contributed by atoms with Crippen LogP contribution < -0.4 is 5.32 Å². The van der Waals surface area contributed by atoms with Gasteiger partial charge in [0.05, 0.1) is 12.6 Å². The van der Waals surface area contributed by atoms with E-state index < -0.39 is 5.54 Å². The lowest BCUT2D eigenvalue weighted by Gasteiger charge is -2.39. The smallest absolute Gasteiger partial charge is 0.237 e. The van der Waals surface area contributed by atoms with Gasteiger partial charge in [-0.2, -0.15) is 5.26 Å². The first kappa shape index (κ1) is 16.5. The van der Waals surface area contributed by atoms with Gasteiger partial charge in [0, 0.05) is 13.1 Å². The van der Waals surface area contributed by atoms with Crippen molar-refractivity contribution in [3.8, 4) is 6.07 Å². The molecular formula is C18H25N3O. The van der Waals surface area contributed by atoms with E-state index in [1.54, 1.807) is 11.9 Å². The van der Waals surface area contributed by atoms with E-state index in [2.05, 4.69) is 11.4 Å². The molecular weight excluding hydrogens is 274 g/mol. The lowest BCUT2D eigenvalue weighted by Crippen LogP contribution is -2.52. The molecule has 1 saturated carbocycles. The zero-order chi connectivity index (χ0) is 16.0.